The van der Waals surface area contributed by atoms with Crippen LogP contribution in [0.2, 0.25) is 15.1 Å². The monoisotopic (exact) mass is 507 g/mol. The normalized spacial score (nSPS) is 14.9. The molecular formula is C23H24Cl3N5O2. The quantitative estimate of drug-likeness (QED) is 0.419. The number of hydrogen-bond acceptors (Lipinski definition) is 6. The largest absolute Gasteiger partial charge is 0.408 e. The Kier molecular flexibility index (Phi) is 8.09. The topological polar surface area (TPSA) is 83.3 Å². The van der Waals surface area contributed by atoms with Gasteiger partial charge in [-0.2, -0.15) is 0 Å². The molecule has 33 heavy (non-hydrogen) atoms. The van der Waals surface area contributed by atoms with Crippen LogP contribution in [0.4, 0.5) is 11.7 Å². The van der Waals surface area contributed by atoms with E-state index in [1.807, 2.05) is 30.3 Å². The Hall–Kier alpha value is -2.32. The molecule has 1 fully saturated rings. The molecule has 0 spiro atoms. The van der Waals surface area contributed by atoms with Crippen molar-refractivity contribution in [3.8, 4) is 0 Å². The molecule has 0 aliphatic carbocycles. The lowest BCUT2D eigenvalue weighted by Gasteiger charge is -2.32. The lowest BCUT2D eigenvalue weighted by Crippen LogP contribution is -2.44. The van der Waals surface area contributed by atoms with Crippen molar-refractivity contribution in [3.05, 3.63) is 69.0 Å². The summed E-state index contributed by atoms with van der Waals surface area (Å²) in [6, 6.07) is 13.4. The number of anilines is 2. The van der Waals surface area contributed by atoms with Gasteiger partial charge in [-0.1, -0.05) is 52.0 Å². The zero-order chi connectivity index (χ0) is 23.2. The third-order valence-electron chi connectivity index (χ3n) is 5.45. The summed E-state index contributed by atoms with van der Waals surface area (Å²) in [6.45, 7) is 2.64. The highest BCUT2D eigenvalue weighted by atomic mass is 35.5. The number of aryl methyl sites for hydroxylation is 1. The minimum atomic E-state index is -0.0134. The van der Waals surface area contributed by atoms with Crippen LogP contribution >= 0.6 is 34.8 Å². The Morgan fingerprint density at radius 3 is 2.64 bits per heavy atom. The summed E-state index contributed by atoms with van der Waals surface area (Å²) in [5.41, 5.74) is 1.89. The van der Waals surface area contributed by atoms with Crippen LogP contribution in [-0.4, -0.2) is 40.1 Å². The number of rotatable bonds is 8. The molecule has 0 bridgehead atoms. The third kappa shape index (κ3) is 7.08. The maximum atomic E-state index is 12.4. The molecule has 1 aliphatic heterocycles. The summed E-state index contributed by atoms with van der Waals surface area (Å²) >= 11 is 18.1. The number of amides is 1. The van der Waals surface area contributed by atoms with Gasteiger partial charge in [-0.25, -0.2) is 0 Å². The van der Waals surface area contributed by atoms with Crippen molar-refractivity contribution in [1.29, 1.82) is 0 Å². The Labute approximate surface area is 207 Å². The molecule has 2 heterocycles. The second-order valence-electron chi connectivity index (χ2n) is 8.00. The summed E-state index contributed by atoms with van der Waals surface area (Å²) in [5.74, 6) is 0.395. The number of nitrogens with zero attached hydrogens (tertiary/aromatic N) is 3. The Balaban J connectivity index is 1.17. The molecule has 7 nitrogen and oxygen atoms in total. The van der Waals surface area contributed by atoms with Crippen molar-refractivity contribution < 1.29 is 9.21 Å². The van der Waals surface area contributed by atoms with Crippen LogP contribution in [0.5, 0.6) is 0 Å². The van der Waals surface area contributed by atoms with Crippen LogP contribution < -0.4 is 10.6 Å². The van der Waals surface area contributed by atoms with Crippen molar-refractivity contribution in [1.82, 2.24) is 20.4 Å². The smallest absolute Gasteiger partial charge is 0.320 e. The van der Waals surface area contributed by atoms with Gasteiger partial charge >= 0.3 is 6.01 Å². The van der Waals surface area contributed by atoms with Gasteiger partial charge in [-0.15, -0.1) is 5.10 Å². The van der Waals surface area contributed by atoms with Gasteiger partial charge in [0.25, 0.3) is 0 Å². The minimum absolute atomic E-state index is 0.0134. The SMILES string of the molecule is O=C(CCc1nnc(Nc2cccc(Cl)c2)o1)NC1CCN(Cc2ccc(Cl)c(Cl)c2)CC1. The van der Waals surface area contributed by atoms with Crippen molar-refractivity contribution in [2.75, 3.05) is 18.4 Å². The van der Waals surface area contributed by atoms with Gasteiger partial charge in [0.2, 0.25) is 11.8 Å². The predicted octanol–water partition coefficient (Wildman–Crippen LogP) is 5.49. The molecule has 0 saturated carbocycles. The first-order valence-corrected chi connectivity index (χ1v) is 11.9. The second kappa shape index (κ2) is 11.2. The Bertz CT molecular complexity index is 1100. The van der Waals surface area contributed by atoms with Crippen LogP contribution in [0.15, 0.2) is 46.9 Å². The van der Waals surface area contributed by atoms with E-state index in [1.54, 1.807) is 12.1 Å². The molecule has 0 unspecified atom stereocenters. The highest BCUT2D eigenvalue weighted by molar-refractivity contribution is 6.42. The molecule has 3 aromatic rings. The van der Waals surface area contributed by atoms with E-state index in [1.165, 1.54) is 0 Å². The van der Waals surface area contributed by atoms with Gasteiger partial charge in [0, 0.05) is 49.2 Å². The molecule has 174 valence electrons. The average molecular weight is 509 g/mol. The number of benzene rings is 2. The lowest BCUT2D eigenvalue weighted by atomic mass is 10.0. The number of nitrogens with one attached hydrogen (secondary N) is 2. The summed E-state index contributed by atoms with van der Waals surface area (Å²) < 4.78 is 5.57. The molecule has 1 amide bonds. The number of carbonyl (C=O) groups is 1. The maximum Gasteiger partial charge on any atom is 0.320 e. The van der Waals surface area contributed by atoms with Crippen molar-refractivity contribution in [2.24, 2.45) is 0 Å². The van der Waals surface area contributed by atoms with Crippen molar-refractivity contribution in [3.63, 3.8) is 0 Å². The van der Waals surface area contributed by atoms with E-state index in [2.05, 4.69) is 25.7 Å². The molecular weight excluding hydrogens is 485 g/mol. The van der Waals surface area contributed by atoms with Gasteiger partial charge in [0.05, 0.1) is 10.0 Å². The minimum Gasteiger partial charge on any atom is -0.408 e. The van der Waals surface area contributed by atoms with Gasteiger partial charge in [-0.3, -0.25) is 9.69 Å². The fraction of sp³-hybridized carbons (Fsp3) is 0.348. The van der Waals surface area contributed by atoms with Gasteiger partial charge in [-0.05, 0) is 48.7 Å². The molecule has 2 N–H and O–H groups in total. The van der Waals surface area contributed by atoms with E-state index in [0.29, 0.717) is 33.8 Å². The highest BCUT2D eigenvalue weighted by Crippen LogP contribution is 2.24. The van der Waals surface area contributed by atoms with Crippen molar-refractivity contribution in [2.45, 2.75) is 38.3 Å². The summed E-state index contributed by atoms with van der Waals surface area (Å²) in [4.78, 5) is 14.7. The molecule has 2 aromatic carbocycles. The summed E-state index contributed by atoms with van der Waals surface area (Å²) in [6.07, 6.45) is 2.48. The fourth-order valence-electron chi connectivity index (χ4n) is 3.75. The van der Waals surface area contributed by atoms with E-state index in [4.69, 9.17) is 39.2 Å². The van der Waals surface area contributed by atoms with E-state index >= 15 is 0 Å². The van der Waals surface area contributed by atoms with E-state index in [9.17, 15) is 4.79 Å². The number of carbonyl (C=O) groups excluding carboxylic acids is 1. The molecule has 1 aromatic heterocycles. The number of piperidine rings is 1. The first kappa shape index (κ1) is 23.8. The van der Waals surface area contributed by atoms with E-state index in [-0.39, 0.29) is 18.0 Å². The second-order valence-corrected chi connectivity index (χ2v) is 9.25. The number of likely N-dealkylation sites (tertiary alicyclic amines) is 1. The molecule has 1 aliphatic rings. The standard InChI is InChI=1S/C23H24Cl3N5O2/c24-16-2-1-3-18(13-16)28-23-30-29-22(33-23)7-6-21(32)27-17-8-10-31(11-9-17)14-15-4-5-19(25)20(26)12-15/h1-5,12-13,17H,6-11,14H2,(H,27,32)(H,28,30). The van der Waals surface area contributed by atoms with E-state index < -0.39 is 0 Å². The van der Waals surface area contributed by atoms with Crippen LogP contribution in [0, 0.1) is 0 Å². The number of hydrogen-bond donors (Lipinski definition) is 2. The highest BCUT2D eigenvalue weighted by Gasteiger charge is 2.21. The number of halogens is 3. The summed E-state index contributed by atoms with van der Waals surface area (Å²) in [5, 5.41) is 15.8. The van der Waals surface area contributed by atoms with E-state index in [0.717, 1.165) is 43.7 Å². The molecule has 4 rings (SSSR count). The maximum absolute atomic E-state index is 12.4. The van der Waals surface area contributed by atoms with Crippen LogP contribution in [-0.2, 0) is 17.8 Å². The van der Waals surface area contributed by atoms with Crippen LogP contribution in [0.3, 0.4) is 0 Å². The third-order valence-corrected chi connectivity index (χ3v) is 6.43. The first-order valence-electron chi connectivity index (χ1n) is 10.8. The molecule has 0 atom stereocenters. The summed E-state index contributed by atoms with van der Waals surface area (Å²) in [7, 11) is 0. The Morgan fingerprint density at radius 2 is 1.88 bits per heavy atom. The fourth-order valence-corrected chi connectivity index (χ4v) is 4.26. The Morgan fingerprint density at radius 1 is 1.06 bits per heavy atom. The molecule has 10 heteroatoms. The van der Waals surface area contributed by atoms with Crippen LogP contribution in [0.25, 0.3) is 0 Å². The molecule has 0 radical (unpaired) electrons. The first-order chi connectivity index (χ1) is 15.9. The van der Waals surface area contributed by atoms with Gasteiger partial charge in [0.1, 0.15) is 0 Å². The average Bonchev–Trinajstić information content (AvgIpc) is 3.23. The zero-order valence-electron chi connectivity index (χ0n) is 17.9. The molecule has 1 saturated heterocycles. The van der Waals surface area contributed by atoms with Crippen molar-refractivity contribution >= 4 is 52.4 Å². The predicted molar refractivity (Wildman–Crippen MR) is 130 cm³/mol. The number of aromatic nitrogens is 2. The van der Waals surface area contributed by atoms with Gasteiger partial charge in [0.15, 0.2) is 0 Å². The van der Waals surface area contributed by atoms with Crippen LogP contribution in [0.1, 0.15) is 30.7 Å². The van der Waals surface area contributed by atoms with Gasteiger partial charge < -0.3 is 15.1 Å². The lowest BCUT2D eigenvalue weighted by molar-refractivity contribution is -0.122. The zero-order valence-corrected chi connectivity index (χ0v) is 20.1.